The number of esters is 1. The van der Waals surface area contributed by atoms with E-state index in [1.807, 2.05) is 11.8 Å². The fraction of sp³-hybridized carbons (Fsp3) is 0.593. The number of hydrogen-bond donors (Lipinski definition) is 1. The molecular weight excluding hydrogens is 463 g/mol. The molecule has 3 aliphatic rings. The van der Waals surface area contributed by atoms with E-state index in [-0.39, 0.29) is 30.5 Å². The summed E-state index contributed by atoms with van der Waals surface area (Å²) in [5.41, 5.74) is 1.37. The predicted octanol–water partition coefficient (Wildman–Crippen LogP) is 3.45. The Kier molecular flexibility index (Phi) is 8.28. The Bertz CT molecular complexity index is 1020. The van der Waals surface area contributed by atoms with Crippen LogP contribution < -0.4 is 5.32 Å². The highest BCUT2D eigenvalue weighted by molar-refractivity contribution is 5.95. The number of ether oxygens (including phenoxy) is 1. The summed E-state index contributed by atoms with van der Waals surface area (Å²) in [5.74, 6) is -0.573. The van der Waals surface area contributed by atoms with Gasteiger partial charge in [-0.15, -0.1) is 0 Å². The van der Waals surface area contributed by atoms with Crippen LogP contribution in [0, 0.1) is 11.7 Å². The first-order chi connectivity index (χ1) is 17.3. The highest BCUT2D eigenvalue weighted by atomic mass is 19.1. The van der Waals surface area contributed by atoms with Crippen LogP contribution in [0.2, 0.25) is 0 Å². The lowest BCUT2D eigenvalue weighted by molar-refractivity contribution is -0.140. The van der Waals surface area contributed by atoms with Gasteiger partial charge in [-0.2, -0.15) is 0 Å². The molecule has 3 amide bonds. The zero-order chi connectivity index (χ0) is 25.8. The van der Waals surface area contributed by atoms with Crippen molar-refractivity contribution in [1.82, 2.24) is 20.0 Å². The number of piperazine rings is 1. The molecule has 2 fully saturated rings. The number of carbonyl (C=O) groups is 3. The molecule has 2 aliphatic heterocycles. The molecule has 0 unspecified atom stereocenters. The molecule has 0 spiro atoms. The van der Waals surface area contributed by atoms with Crippen molar-refractivity contribution < 1.29 is 23.5 Å². The second-order valence-electron chi connectivity index (χ2n) is 9.86. The van der Waals surface area contributed by atoms with Crippen LogP contribution in [0.5, 0.6) is 0 Å². The van der Waals surface area contributed by atoms with E-state index in [1.165, 1.54) is 12.1 Å². The first-order valence-corrected chi connectivity index (χ1v) is 13.1. The second-order valence-corrected chi connectivity index (χ2v) is 9.86. The fourth-order valence-corrected chi connectivity index (χ4v) is 5.72. The number of benzene rings is 1. The van der Waals surface area contributed by atoms with E-state index in [2.05, 4.69) is 17.1 Å². The molecule has 8 nitrogen and oxygen atoms in total. The van der Waals surface area contributed by atoms with Crippen LogP contribution in [0.4, 0.5) is 9.18 Å². The second kappa shape index (κ2) is 11.4. The molecule has 1 aliphatic carbocycles. The molecule has 1 aromatic rings. The molecule has 4 rings (SSSR count). The third-order valence-corrected chi connectivity index (χ3v) is 7.50. The number of nitrogens with zero attached hydrogens (tertiary/aromatic N) is 3. The molecule has 1 saturated carbocycles. The van der Waals surface area contributed by atoms with Crippen LogP contribution in [0.3, 0.4) is 0 Å². The van der Waals surface area contributed by atoms with Crippen LogP contribution >= 0.6 is 0 Å². The van der Waals surface area contributed by atoms with E-state index >= 15 is 0 Å². The van der Waals surface area contributed by atoms with Gasteiger partial charge in [-0.1, -0.05) is 25.0 Å². The van der Waals surface area contributed by atoms with E-state index in [0.717, 1.165) is 25.7 Å². The van der Waals surface area contributed by atoms with Gasteiger partial charge in [-0.25, -0.2) is 14.0 Å². The summed E-state index contributed by atoms with van der Waals surface area (Å²) in [6, 6.07) is 4.80. The topological polar surface area (TPSA) is 82.2 Å². The van der Waals surface area contributed by atoms with Crippen molar-refractivity contribution in [1.29, 1.82) is 0 Å². The van der Waals surface area contributed by atoms with Gasteiger partial charge in [-0.05, 0) is 51.3 Å². The summed E-state index contributed by atoms with van der Waals surface area (Å²) in [4.78, 5) is 45.1. The van der Waals surface area contributed by atoms with Crippen molar-refractivity contribution in [2.24, 2.45) is 5.92 Å². The van der Waals surface area contributed by atoms with Crippen LogP contribution in [0.1, 0.15) is 58.1 Å². The number of amides is 3. The van der Waals surface area contributed by atoms with Gasteiger partial charge in [0.1, 0.15) is 5.82 Å². The maximum absolute atomic E-state index is 14.1. The van der Waals surface area contributed by atoms with Crippen molar-refractivity contribution in [3.63, 3.8) is 0 Å². The van der Waals surface area contributed by atoms with Crippen LogP contribution in [-0.4, -0.2) is 78.0 Å². The molecule has 1 N–H and O–H groups in total. The number of nitrogens with one attached hydrogen (secondary N) is 1. The summed E-state index contributed by atoms with van der Waals surface area (Å²) in [7, 11) is 0. The van der Waals surface area contributed by atoms with Crippen molar-refractivity contribution in [2.45, 2.75) is 58.5 Å². The monoisotopic (exact) mass is 500 g/mol. The molecule has 196 valence electrons. The zero-order valence-corrected chi connectivity index (χ0v) is 21.5. The first kappa shape index (κ1) is 26.1. The summed E-state index contributed by atoms with van der Waals surface area (Å²) in [5, 5.41) is 2.87. The van der Waals surface area contributed by atoms with Gasteiger partial charge in [-0.3, -0.25) is 14.6 Å². The minimum Gasteiger partial charge on any atom is -0.463 e. The third-order valence-electron chi connectivity index (χ3n) is 7.50. The Morgan fingerprint density at radius 1 is 1.17 bits per heavy atom. The Balaban J connectivity index is 1.62. The van der Waals surface area contributed by atoms with Gasteiger partial charge in [0.05, 0.1) is 18.2 Å². The normalized spacial score (nSPS) is 23.7. The average Bonchev–Trinajstić information content (AvgIpc) is 3.39. The number of urea groups is 1. The summed E-state index contributed by atoms with van der Waals surface area (Å²) < 4.78 is 19.5. The SMILES string of the molecule is CCOC(=O)C1=C(CN2CCN(C(=O)C3CCCC3)[C@@H](C)C2)N(CC)C(=O)N[C@H]1c1cccc(F)c1. The minimum atomic E-state index is -0.812. The van der Waals surface area contributed by atoms with Gasteiger partial charge in [0, 0.05) is 50.4 Å². The number of hydrogen-bond acceptors (Lipinski definition) is 5. The predicted molar refractivity (Wildman–Crippen MR) is 133 cm³/mol. The zero-order valence-electron chi connectivity index (χ0n) is 21.5. The molecule has 9 heteroatoms. The average molecular weight is 501 g/mol. The highest BCUT2D eigenvalue weighted by Crippen LogP contribution is 2.33. The summed E-state index contributed by atoms with van der Waals surface area (Å²) in [6.07, 6.45) is 4.20. The van der Waals surface area contributed by atoms with E-state index in [1.54, 1.807) is 24.0 Å². The van der Waals surface area contributed by atoms with Crippen molar-refractivity contribution in [3.05, 3.63) is 46.9 Å². The fourth-order valence-electron chi connectivity index (χ4n) is 5.72. The largest absolute Gasteiger partial charge is 0.463 e. The van der Waals surface area contributed by atoms with Gasteiger partial charge in [0.25, 0.3) is 0 Å². The maximum atomic E-state index is 14.1. The molecule has 1 saturated heterocycles. The number of carbonyl (C=O) groups excluding carboxylic acids is 3. The molecule has 0 radical (unpaired) electrons. The van der Waals surface area contributed by atoms with E-state index in [0.29, 0.717) is 49.6 Å². The molecule has 2 atom stereocenters. The van der Waals surface area contributed by atoms with Gasteiger partial charge in [0.15, 0.2) is 0 Å². The molecular formula is C27H37FN4O4. The lowest BCUT2D eigenvalue weighted by atomic mass is 9.94. The van der Waals surface area contributed by atoms with E-state index in [9.17, 15) is 18.8 Å². The Labute approximate surface area is 212 Å². The molecule has 36 heavy (non-hydrogen) atoms. The quantitative estimate of drug-likeness (QED) is 0.580. The first-order valence-electron chi connectivity index (χ1n) is 13.1. The lowest BCUT2D eigenvalue weighted by Crippen LogP contribution is -2.57. The van der Waals surface area contributed by atoms with Gasteiger partial charge < -0.3 is 15.0 Å². The smallest absolute Gasteiger partial charge is 0.338 e. The number of halogens is 1. The highest BCUT2D eigenvalue weighted by Gasteiger charge is 2.40. The Hall–Kier alpha value is -2.94. The van der Waals surface area contributed by atoms with Crippen molar-refractivity contribution in [3.8, 4) is 0 Å². The molecule has 0 bridgehead atoms. The Morgan fingerprint density at radius 2 is 1.92 bits per heavy atom. The number of rotatable bonds is 7. The lowest BCUT2D eigenvalue weighted by Gasteiger charge is -2.43. The maximum Gasteiger partial charge on any atom is 0.338 e. The van der Waals surface area contributed by atoms with Crippen LogP contribution in [-0.2, 0) is 14.3 Å². The van der Waals surface area contributed by atoms with Gasteiger partial charge in [0.2, 0.25) is 5.91 Å². The van der Waals surface area contributed by atoms with Crippen molar-refractivity contribution in [2.75, 3.05) is 39.3 Å². The standard InChI is InChI=1S/C27H37FN4O4/c1-4-31-22(17-30-13-14-32(18(3)16-30)25(33)19-9-6-7-10-19)23(26(34)36-5-2)24(29-27(31)35)20-11-8-12-21(28)15-20/h8,11-12,15,18-19,24H,4-7,9-10,13-14,16-17H2,1-3H3,(H,29,35)/t18-,24-/m0/s1. The summed E-state index contributed by atoms with van der Waals surface area (Å²) in [6.45, 7) is 8.46. The van der Waals surface area contributed by atoms with Crippen LogP contribution in [0.15, 0.2) is 35.5 Å². The van der Waals surface area contributed by atoms with Crippen LogP contribution in [0.25, 0.3) is 0 Å². The molecule has 0 aromatic heterocycles. The Morgan fingerprint density at radius 3 is 2.56 bits per heavy atom. The van der Waals surface area contributed by atoms with Gasteiger partial charge >= 0.3 is 12.0 Å². The molecule has 1 aromatic carbocycles. The molecule has 2 heterocycles. The number of likely N-dealkylation sites (N-methyl/N-ethyl adjacent to an activating group) is 1. The van der Waals surface area contributed by atoms with E-state index in [4.69, 9.17) is 4.74 Å². The van der Waals surface area contributed by atoms with Crippen molar-refractivity contribution >= 4 is 17.9 Å². The summed E-state index contributed by atoms with van der Waals surface area (Å²) >= 11 is 0. The third kappa shape index (κ3) is 5.40. The van der Waals surface area contributed by atoms with E-state index < -0.39 is 17.8 Å². The minimum absolute atomic E-state index is 0.0324.